The van der Waals surface area contributed by atoms with Crippen molar-refractivity contribution >= 4 is 8.53 Å². The molecule has 2 aliphatic rings. The second-order valence-electron chi connectivity index (χ2n) is 9.02. The number of hydrogen-bond donors (Lipinski definition) is 1. The molecule has 0 saturated carbocycles. The van der Waals surface area contributed by atoms with Gasteiger partial charge >= 0.3 is 0 Å². The lowest BCUT2D eigenvalue weighted by Crippen LogP contribution is -2.35. The van der Waals surface area contributed by atoms with Crippen LogP contribution < -0.4 is 0 Å². The minimum absolute atomic E-state index is 0. The van der Waals surface area contributed by atoms with Crippen molar-refractivity contribution in [2.24, 2.45) is 0 Å². The first kappa shape index (κ1) is 34.8. The number of aliphatic hydroxyl groups is 1. The van der Waals surface area contributed by atoms with E-state index in [2.05, 4.69) is 52.3 Å². The molecule has 2 aliphatic heterocycles. The second-order valence-corrected chi connectivity index (χ2v) is 10.4. The van der Waals surface area contributed by atoms with Crippen molar-refractivity contribution in [2.75, 3.05) is 6.61 Å². The zero-order valence-corrected chi connectivity index (χ0v) is 21.7. The molecule has 2 fully saturated rings. The van der Waals surface area contributed by atoms with Gasteiger partial charge in [0.1, 0.15) is 0 Å². The predicted octanol–water partition coefficient (Wildman–Crippen LogP) is 6.44. The van der Waals surface area contributed by atoms with Gasteiger partial charge in [-0.25, -0.2) is 4.67 Å². The van der Waals surface area contributed by atoms with Crippen LogP contribution >= 0.6 is 8.53 Å². The van der Waals surface area contributed by atoms with Crippen molar-refractivity contribution in [2.45, 2.75) is 151 Å². The molecule has 33 heavy (non-hydrogen) atoms. The van der Waals surface area contributed by atoms with Crippen LogP contribution in [0.5, 0.6) is 0 Å². The Labute approximate surface area is 206 Å². The van der Waals surface area contributed by atoms with Crippen LogP contribution in [-0.2, 0) is 18.5 Å². The molecule has 2 saturated heterocycles. The Hall–Kier alpha value is -0.320. The Morgan fingerprint density at radius 2 is 1.52 bits per heavy atom. The molecule has 7 unspecified atom stereocenters. The average molecular weight is 493 g/mol. The van der Waals surface area contributed by atoms with Gasteiger partial charge in [-0.05, 0) is 54.4 Å². The molecule has 0 aliphatic carbocycles. The van der Waals surface area contributed by atoms with Crippen LogP contribution in [0.4, 0.5) is 0 Å². The first-order valence-corrected chi connectivity index (χ1v) is 13.0. The number of hydrogen-bond acceptors (Lipinski definition) is 7. The molecule has 7 atom stereocenters. The fourth-order valence-corrected chi connectivity index (χ4v) is 5.86. The molecule has 2 rings (SSSR count). The van der Waals surface area contributed by atoms with E-state index in [0.29, 0.717) is 25.1 Å². The highest BCUT2D eigenvalue weighted by molar-refractivity contribution is 7.44. The number of nitrogens with zero attached hydrogens (tertiary/aromatic N) is 2. The smallest absolute Gasteiger partial charge is 0.259 e. The lowest BCUT2D eigenvalue weighted by atomic mass is 10.1. The van der Waals surface area contributed by atoms with Gasteiger partial charge in [0.25, 0.3) is 8.53 Å². The van der Waals surface area contributed by atoms with E-state index in [1.165, 1.54) is 0 Å². The van der Waals surface area contributed by atoms with Crippen LogP contribution in [-0.4, -0.2) is 65.1 Å². The van der Waals surface area contributed by atoms with Gasteiger partial charge in [0.15, 0.2) is 0 Å². The van der Waals surface area contributed by atoms with Crippen LogP contribution in [0, 0.1) is 11.3 Å². The zero-order chi connectivity index (χ0) is 23.6. The second kappa shape index (κ2) is 18.0. The Balaban J connectivity index is 0. The van der Waals surface area contributed by atoms with Gasteiger partial charge in [0, 0.05) is 24.9 Å². The fourth-order valence-electron chi connectivity index (χ4n) is 4.11. The van der Waals surface area contributed by atoms with E-state index in [0.717, 1.165) is 25.7 Å². The first-order valence-electron chi connectivity index (χ1n) is 11.9. The monoisotopic (exact) mass is 492 g/mol. The number of rotatable bonds is 10. The van der Waals surface area contributed by atoms with Crippen molar-refractivity contribution < 1.29 is 23.6 Å². The number of aliphatic hydroxyl groups excluding tert-OH is 1. The lowest BCUT2D eigenvalue weighted by molar-refractivity contribution is 0.0144. The summed E-state index contributed by atoms with van der Waals surface area (Å²) in [5.41, 5.74) is 0. The van der Waals surface area contributed by atoms with E-state index >= 15 is 0 Å². The molecule has 0 bridgehead atoms. The molecule has 0 spiro atoms. The molecule has 0 aromatic rings. The van der Waals surface area contributed by atoms with E-state index < -0.39 is 8.53 Å². The van der Waals surface area contributed by atoms with Gasteiger partial charge in [0.2, 0.25) is 0 Å². The van der Waals surface area contributed by atoms with E-state index in [9.17, 15) is 5.11 Å². The maximum atomic E-state index is 9.23. The Morgan fingerprint density at radius 3 is 1.91 bits per heavy atom. The third kappa shape index (κ3) is 11.8. The Kier molecular flexibility index (Phi) is 19.0. The molecule has 0 radical (unpaired) electrons. The summed E-state index contributed by atoms with van der Waals surface area (Å²) in [4.78, 5) is 0. The molecular weight excluding hydrogens is 439 g/mol. The summed E-state index contributed by atoms with van der Waals surface area (Å²) in [6.45, 7) is 17.3. The predicted molar refractivity (Wildman–Crippen MR) is 138 cm³/mol. The van der Waals surface area contributed by atoms with Gasteiger partial charge in [-0.15, -0.1) is 0 Å². The number of ether oxygens (including phenoxy) is 2. The Bertz CT molecular complexity index is 523. The maximum absolute atomic E-state index is 9.23. The highest BCUT2D eigenvalue weighted by Gasteiger charge is 2.38. The summed E-state index contributed by atoms with van der Waals surface area (Å²) in [6, 6.07) is 2.78. The minimum atomic E-state index is -1.17. The van der Waals surface area contributed by atoms with Gasteiger partial charge in [0.05, 0.1) is 55.7 Å². The molecule has 0 aromatic carbocycles. The van der Waals surface area contributed by atoms with Crippen LogP contribution in [0.25, 0.3) is 0 Å². The molecule has 2 heterocycles. The first-order chi connectivity index (χ1) is 14.6. The average Bonchev–Trinajstić information content (AvgIpc) is 3.21. The van der Waals surface area contributed by atoms with Crippen molar-refractivity contribution in [3.05, 3.63) is 0 Å². The van der Waals surface area contributed by atoms with E-state index in [4.69, 9.17) is 23.8 Å². The SMILES string of the molecule is C.C.CCC1OC(C)CC1O.CCC1OC(C)CC1OP(OCCC#N)N(C(C)C)C(C)C. The summed E-state index contributed by atoms with van der Waals surface area (Å²) in [6.07, 6.45) is 4.55. The van der Waals surface area contributed by atoms with E-state index in [1.807, 2.05) is 13.8 Å². The van der Waals surface area contributed by atoms with Crippen LogP contribution in [0.1, 0.15) is 102 Å². The lowest BCUT2D eigenvalue weighted by Gasteiger charge is -2.37. The topological polar surface area (TPSA) is 84.2 Å². The highest BCUT2D eigenvalue weighted by Crippen LogP contribution is 2.49. The molecule has 0 aromatic heterocycles. The third-order valence-corrected chi connectivity index (χ3v) is 7.64. The number of nitriles is 1. The molecule has 1 N–H and O–H groups in total. The van der Waals surface area contributed by atoms with Crippen LogP contribution in [0.2, 0.25) is 0 Å². The van der Waals surface area contributed by atoms with Crippen LogP contribution in [0.3, 0.4) is 0 Å². The van der Waals surface area contributed by atoms with Crippen LogP contribution in [0.15, 0.2) is 0 Å². The summed E-state index contributed by atoms with van der Waals surface area (Å²) >= 11 is 0. The molecule has 198 valence electrons. The highest BCUT2D eigenvalue weighted by atomic mass is 31.2. The van der Waals surface area contributed by atoms with E-state index in [-0.39, 0.29) is 51.5 Å². The molecule has 0 amide bonds. The van der Waals surface area contributed by atoms with Crippen molar-refractivity contribution in [3.8, 4) is 6.07 Å². The fraction of sp³-hybridized carbons (Fsp3) is 0.960. The largest absolute Gasteiger partial charge is 0.390 e. The quantitative estimate of drug-likeness (QED) is 0.277. The molecule has 7 nitrogen and oxygen atoms in total. The van der Waals surface area contributed by atoms with E-state index in [1.54, 1.807) is 0 Å². The van der Waals surface area contributed by atoms with Crippen molar-refractivity contribution in [1.29, 1.82) is 5.26 Å². The van der Waals surface area contributed by atoms with Crippen molar-refractivity contribution in [3.63, 3.8) is 0 Å². The van der Waals surface area contributed by atoms with Gasteiger partial charge in [-0.1, -0.05) is 28.7 Å². The van der Waals surface area contributed by atoms with Gasteiger partial charge < -0.3 is 23.6 Å². The zero-order valence-electron chi connectivity index (χ0n) is 20.8. The molecule has 8 heteroatoms. The summed E-state index contributed by atoms with van der Waals surface area (Å²) in [5.74, 6) is 0. The third-order valence-electron chi connectivity index (χ3n) is 5.49. The Morgan fingerprint density at radius 1 is 1.00 bits per heavy atom. The minimum Gasteiger partial charge on any atom is -0.390 e. The molecular formula is C25H53N2O5P. The standard InChI is InChI=1S/C16H31N2O3P.C7H14O2.2CH4/c1-7-15-16(11-14(6)20-15)21-22(19-10-8-9-17)18(12(2)3)13(4)5;1-3-7-6(8)4-5(2)9-7;;/h12-16H,7-8,10-11H2,1-6H3;5-8H,3-4H2,1-2H3;2*1H4. The summed E-state index contributed by atoms with van der Waals surface area (Å²) in [7, 11) is -1.17. The van der Waals surface area contributed by atoms with Crippen molar-refractivity contribution in [1.82, 2.24) is 4.67 Å². The van der Waals surface area contributed by atoms with Gasteiger partial charge in [-0.2, -0.15) is 5.26 Å². The summed E-state index contributed by atoms with van der Waals surface area (Å²) in [5, 5.41) is 18.0. The summed E-state index contributed by atoms with van der Waals surface area (Å²) < 4.78 is 25.8. The van der Waals surface area contributed by atoms with Gasteiger partial charge in [-0.3, -0.25) is 0 Å². The maximum Gasteiger partial charge on any atom is 0.259 e. The normalized spacial score (nSPS) is 29.8.